The fourth-order valence-electron chi connectivity index (χ4n) is 2.82. The van der Waals surface area contributed by atoms with Crippen LogP contribution >= 0.6 is 0 Å². The second-order valence-corrected chi connectivity index (χ2v) is 5.99. The highest BCUT2D eigenvalue weighted by Crippen LogP contribution is 2.25. The van der Waals surface area contributed by atoms with Crippen LogP contribution in [0.15, 0.2) is 54.9 Å². The monoisotopic (exact) mass is 322 g/mol. The normalized spacial score (nSPS) is 13.6. The van der Waals surface area contributed by atoms with E-state index in [-0.39, 0.29) is 17.9 Å². The third kappa shape index (κ3) is 3.46. The van der Waals surface area contributed by atoms with Gasteiger partial charge in [-0.25, -0.2) is 4.98 Å². The summed E-state index contributed by atoms with van der Waals surface area (Å²) in [5, 5.41) is 6.23. The first-order valence-electron chi connectivity index (χ1n) is 8.12. The van der Waals surface area contributed by atoms with E-state index >= 15 is 0 Å². The fourth-order valence-corrected chi connectivity index (χ4v) is 2.82. The molecule has 1 heterocycles. The van der Waals surface area contributed by atoms with Crippen LogP contribution in [0.4, 0.5) is 0 Å². The van der Waals surface area contributed by atoms with Gasteiger partial charge in [-0.15, -0.1) is 0 Å². The highest BCUT2D eigenvalue weighted by atomic mass is 16.1. The lowest BCUT2D eigenvalue weighted by Crippen LogP contribution is -2.37. The van der Waals surface area contributed by atoms with Crippen molar-refractivity contribution in [1.29, 1.82) is 0 Å². The number of nitrogens with zero attached hydrogens (tertiary/aromatic N) is 1. The summed E-state index contributed by atoms with van der Waals surface area (Å²) in [6.45, 7) is 2.57. The zero-order valence-corrected chi connectivity index (χ0v) is 13.9. The van der Waals surface area contributed by atoms with Crippen LogP contribution in [0.25, 0.3) is 11.0 Å². The lowest BCUT2D eigenvalue weighted by molar-refractivity contribution is -0.124. The molecule has 0 aliphatic heterocycles. The summed E-state index contributed by atoms with van der Waals surface area (Å²) in [5.74, 6) is -0.0694. The Hall–Kier alpha value is -2.66. The van der Waals surface area contributed by atoms with E-state index in [1.807, 2.05) is 62.5 Å². The van der Waals surface area contributed by atoms with E-state index < -0.39 is 0 Å². The Bertz CT molecular complexity index is 812. The van der Waals surface area contributed by atoms with Gasteiger partial charge in [0.05, 0.1) is 23.4 Å². The van der Waals surface area contributed by atoms with E-state index in [9.17, 15) is 4.79 Å². The molecule has 2 unspecified atom stereocenters. The molecule has 0 saturated heterocycles. The second-order valence-electron chi connectivity index (χ2n) is 5.99. The molecule has 124 valence electrons. The van der Waals surface area contributed by atoms with Crippen molar-refractivity contribution in [1.82, 2.24) is 20.6 Å². The largest absolute Gasteiger partial charge is 0.345 e. The number of nitrogens with one attached hydrogen (secondary N) is 3. The summed E-state index contributed by atoms with van der Waals surface area (Å²) in [6.07, 6.45) is 1.68. The highest BCUT2D eigenvalue weighted by molar-refractivity contribution is 5.80. The zero-order valence-electron chi connectivity index (χ0n) is 13.9. The van der Waals surface area contributed by atoms with Crippen molar-refractivity contribution < 1.29 is 4.79 Å². The van der Waals surface area contributed by atoms with Crippen molar-refractivity contribution in [2.75, 3.05) is 13.6 Å². The molecular formula is C19H22N4O. The van der Waals surface area contributed by atoms with Crippen molar-refractivity contribution in [3.8, 4) is 0 Å². The number of aromatic nitrogens is 2. The number of hydrogen-bond acceptors (Lipinski definition) is 3. The molecule has 0 bridgehead atoms. The van der Waals surface area contributed by atoms with Gasteiger partial charge < -0.3 is 15.6 Å². The lowest BCUT2D eigenvalue weighted by Gasteiger charge is -2.22. The van der Waals surface area contributed by atoms with Gasteiger partial charge in [-0.3, -0.25) is 4.79 Å². The Morgan fingerprint density at radius 3 is 2.71 bits per heavy atom. The topological polar surface area (TPSA) is 69.8 Å². The molecule has 0 radical (unpaired) electrons. The zero-order chi connectivity index (χ0) is 16.9. The van der Waals surface area contributed by atoms with E-state index in [1.165, 1.54) is 0 Å². The number of H-pyrrole nitrogens is 1. The molecule has 3 rings (SSSR count). The number of imidazole rings is 1. The van der Waals surface area contributed by atoms with E-state index in [4.69, 9.17) is 0 Å². The van der Waals surface area contributed by atoms with Crippen LogP contribution in [0.2, 0.25) is 0 Å². The molecule has 24 heavy (non-hydrogen) atoms. The first-order valence-corrected chi connectivity index (χ1v) is 8.12. The Balaban J connectivity index is 1.94. The van der Waals surface area contributed by atoms with E-state index in [0.29, 0.717) is 6.54 Å². The Labute approximate surface area is 141 Å². The molecule has 2 atom stereocenters. The second kappa shape index (κ2) is 7.27. The Morgan fingerprint density at radius 1 is 1.17 bits per heavy atom. The standard InChI is InChI=1S/C19H22N4O/c1-13(11-20-2)19(24)23-18(14-6-4-3-5-7-14)15-8-9-16-17(10-15)22-12-21-16/h3-10,12-13,18,20H,11H2,1-2H3,(H,21,22)(H,23,24). The molecule has 0 spiro atoms. The summed E-state index contributed by atoms with van der Waals surface area (Å²) in [5.41, 5.74) is 3.97. The highest BCUT2D eigenvalue weighted by Gasteiger charge is 2.20. The molecule has 1 amide bonds. The van der Waals surface area contributed by atoms with Gasteiger partial charge >= 0.3 is 0 Å². The minimum Gasteiger partial charge on any atom is -0.345 e. The number of benzene rings is 2. The summed E-state index contributed by atoms with van der Waals surface area (Å²) in [7, 11) is 1.85. The molecule has 5 nitrogen and oxygen atoms in total. The van der Waals surface area contributed by atoms with E-state index in [1.54, 1.807) is 6.33 Å². The van der Waals surface area contributed by atoms with Gasteiger partial charge in [0.25, 0.3) is 0 Å². The third-order valence-corrected chi connectivity index (χ3v) is 4.16. The quantitative estimate of drug-likeness (QED) is 0.653. The number of fused-ring (bicyclic) bond motifs is 1. The van der Waals surface area contributed by atoms with Gasteiger partial charge in [-0.2, -0.15) is 0 Å². The molecule has 3 N–H and O–H groups in total. The first-order chi connectivity index (χ1) is 11.7. The van der Waals surface area contributed by atoms with Crippen LogP contribution in [0.1, 0.15) is 24.1 Å². The van der Waals surface area contributed by atoms with E-state index in [2.05, 4.69) is 20.6 Å². The van der Waals surface area contributed by atoms with Crippen LogP contribution in [0.3, 0.4) is 0 Å². The van der Waals surface area contributed by atoms with Crippen molar-refractivity contribution in [2.24, 2.45) is 5.92 Å². The number of hydrogen-bond donors (Lipinski definition) is 3. The average Bonchev–Trinajstić information content (AvgIpc) is 3.08. The van der Waals surface area contributed by atoms with Gasteiger partial charge in [-0.1, -0.05) is 43.3 Å². The molecule has 3 aromatic rings. The Kier molecular flexibility index (Phi) is 4.91. The van der Waals surface area contributed by atoms with Gasteiger partial charge in [0.15, 0.2) is 0 Å². The Morgan fingerprint density at radius 2 is 1.96 bits per heavy atom. The third-order valence-electron chi connectivity index (χ3n) is 4.16. The molecule has 5 heteroatoms. The minimum absolute atomic E-state index is 0.0305. The molecular weight excluding hydrogens is 300 g/mol. The molecule has 0 saturated carbocycles. The van der Waals surface area contributed by atoms with Crippen molar-refractivity contribution in [2.45, 2.75) is 13.0 Å². The van der Waals surface area contributed by atoms with Crippen molar-refractivity contribution in [3.05, 3.63) is 66.0 Å². The molecule has 2 aromatic carbocycles. The summed E-state index contributed by atoms with van der Waals surface area (Å²) < 4.78 is 0. The van der Waals surface area contributed by atoms with Gasteiger partial charge in [-0.05, 0) is 30.3 Å². The predicted octanol–water partition coefficient (Wildman–Crippen LogP) is 2.62. The van der Waals surface area contributed by atoms with Crippen molar-refractivity contribution >= 4 is 16.9 Å². The summed E-state index contributed by atoms with van der Waals surface area (Å²) >= 11 is 0. The fraction of sp³-hybridized carbons (Fsp3) is 0.263. The molecule has 1 aromatic heterocycles. The average molecular weight is 322 g/mol. The lowest BCUT2D eigenvalue weighted by atomic mass is 9.97. The minimum atomic E-state index is -0.189. The van der Waals surface area contributed by atoms with E-state index in [0.717, 1.165) is 22.2 Å². The smallest absolute Gasteiger partial charge is 0.224 e. The van der Waals surface area contributed by atoms with Crippen LogP contribution in [-0.2, 0) is 4.79 Å². The molecule has 0 fully saturated rings. The van der Waals surface area contributed by atoms with Crippen LogP contribution in [0, 0.1) is 5.92 Å². The molecule has 0 aliphatic carbocycles. The maximum atomic E-state index is 12.5. The number of carbonyl (C=O) groups excluding carboxylic acids is 1. The summed E-state index contributed by atoms with van der Waals surface area (Å²) in [4.78, 5) is 19.9. The van der Waals surface area contributed by atoms with Crippen LogP contribution < -0.4 is 10.6 Å². The van der Waals surface area contributed by atoms with Crippen LogP contribution in [0.5, 0.6) is 0 Å². The van der Waals surface area contributed by atoms with Gasteiger partial charge in [0.1, 0.15) is 0 Å². The summed E-state index contributed by atoms with van der Waals surface area (Å²) in [6, 6.07) is 15.9. The SMILES string of the molecule is CNCC(C)C(=O)NC(c1ccccc1)c1ccc2nc[nH]c2c1. The number of carbonyl (C=O) groups is 1. The maximum absolute atomic E-state index is 12.5. The number of aromatic amines is 1. The van der Waals surface area contributed by atoms with Gasteiger partial charge in [0.2, 0.25) is 5.91 Å². The maximum Gasteiger partial charge on any atom is 0.224 e. The number of rotatable bonds is 6. The molecule has 0 aliphatic rings. The predicted molar refractivity (Wildman–Crippen MR) is 95.6 cm³/mol. The first kappa shape index (κ1) is 16.2. The van der Waals surface area contributed by atoms with Crippen LogP contribution in [-0.4, -0.2) is 29.5 Å². The van der Waals surface area contributed by atoms with Gasteiger partial charge in [0, 0.05) is 12.5 Å². The number of amides is 1. The van der Waals surface area contributed by atoms with Crippen molar-refractivity contribution in [3.63, 3.8) is 0 Å².